The summed E-state index contributed by atoms with van der Waals surface area (Å²) in [7, 11) is 0. The third-order valence-electron chi connectivity index (χ3n) is 2.58. The van der Waals surface area contributed by atoms with Gasteiger partial charge in [0, 0.05) is 11.2 Å². The minimum absolute atomic E-state index is 0.0349. The second-order valence-electron chi connectivity index (χ2n) is 4.10. The summed E-state index contributed by atoms with van der Waals surface area (Å²) in [4.78, 5) is 11.3. The van der Waals surface area contributed by atoms with Crippen LogP contribution in [0.3, 0.4) is 0 Å². The summed E-state index contributed by atoms with van der Waals surface area (Å²) in [6, 6.07) is 0. The van der Waals surface area contributed by atoms with Crippen molar-refractivity contribution < 1.29 is 4.79 Å². The lowest BCUT2D eigenvalue weighted by molar-refractivity contribution is -0.117. The molecule has 1 aliphatic carbocycles. The molecule has 1 nitrogen and oxygen atoms in total. The SMILES string of the molecule is CC1=CCC(C(C)(C)S)CC1=O. The van der Waals surface area contributed by atoms with E-state index in [9.17, 15) is 4.79 Å². The Morgan fingerprint density at radius 1 is 1.58 bits per heavy atom. The number of carbonyl (C=O) groups is 1. The second kappa shape index (κ2) is 3.25. The van der Waals surface area contributed by atoms with Gasteiger partial charge in [-0.1, -0.05) is 19.9 Å². The number of Topliss-reactive ketones (excluding diaryl/α,β-unsaturated/α-hetero) is 1. The van der Waals surface area contributed by atoms with Crippen molar-refractivity contribution in [1.82, 2.24) is 0 Å². The predicted octanol–water partition coefficient (Wildman–Crippen LogP) is 2.62. The molecule has 0 saturated heterocycles. The van der Waals surface area contributed by atoms with Crippen molar-refractivity contribution in [3.8, 4) is 0 Å². The summed E-state index contributed by atoms with van der Waals surface area (Å²) < 4.78 is -0.0349. The summed E-state index contributed by atoms with van der Waals surface area (Å²) in [6.07, 6.45) is 3.70. The summed E-state index contributed by atoms with van der Waals surface area (Å²) in [5.41, 5.74) is 0.920. The Morgan fingerprint density at radius 3 is 2.58 bits per heavy atom. The van der Waals surface area contributed by atoms with Crippen LogP contribution in [-0.2, 0) is 4.79 Å². The van der Waals surface area contributed by atoms with Crippen LogP contribution in [0.2, 0.25) is 0 Å². The molecule has 0 aromatic heterocycles. The van der Waals surface area contributed by atoms with Crippen molar-refractivity contribution in [2.75, 3.05) is 0 Å². The molecule has 0 amide bonds. The first-order chi connectivity index (χ1) is 5.41. The molecule has 0 aliphatic heterocycles. The van der Waals surface area contributed by atoms with Crippen LogP contribution in [0, 0.1) is 5.92 Å². The first kappa shape index (κ1) is 9.85. The molecule has 0 fully saturated rings. The molecule has 2 heteroatoms. The van der Waals surface area contributed by atoms with Crippen LogP contribution < -0.4 is 0 Å². The lowest BCUT2D eigenvalue weighted by atomic mass is 9.81. The summed E-state index contributed by atoms with van der Waals surface area (Å²) in [5.74, 6) is 0.686. The molecule has 1 unspecified atom stereocenters. The second-order valence-corrected chi connectivity index (χ2v) is 5.25. The van der Waals surface area contributed by atoms with E-state index in [1.807, 2.05) is 13.0 Å². The fraction of sp³-hybridized carbons (Fsp3) is 0.700. The van der Waals surface area contributed by atoms with Crippen LogP contribution in [-0.4, -0.2) is 10.5 Å². The molecule has 0 saturated carbocycles. The Bertz CT molecular complexity index is 222. The molecular weight excluding hydrogens is 168 g/mol. The smallest absolute Gasteiger partial charge is 0.158 e. The van der Waals surface area contributed by atoms with Crippen molar-refractivity contribution in [1.29, 1.82) is 0 Å². The maximum atomic E-state index is 11.3. The van der Waals surface area contributed by atoms with Crippen LogP contribution in [0.1, 0.15) is 33.6 Å². The van der Waals surface area contributed by atoms with Crippen LogP contribution in [0.5, 0.6) is 0 Å². The van der Waals surface area contributed by atoms with Gasteiger partial charge in [0.25, 0.3) is 0 Å². The highest BCUT2D eigenvalue weighted by atomic mass is 32.1. The standard InChI is InChI=1S/C10H16OS/c1-7-4-5-8(6-9(7)11)10(2,3)12/h4,8,12H,5-6H2,1-3H3. The van der Waals surface area contributed by atoms with Gasteiger partial charge in [0.05, 0.1) is 0 Å². The molecule has 12 heavy (non-hydrogen) atoms. The van der Waals surface area contributed by atoms with Crippen LogP contribution in [0.15, 0.2) is 11.6 Å². The molecule has 0 bridgehead atoms. The van der Waals surface area contributed by atoms with Crippen molar-refractivity contribution in [2.45, 2.75) is 38.4 Å². The van der Waals surface area contributed by atoms with Crippen molar-refractivity contribution in [2.24, 2.45) is 5.92 Å². The van der Waals surface area contributed by atoms with Crippen LogP contribution in [0.4, 0.5) is 0 Å². The summed E-state index contributed by atoms with van der Waals surface area (Å²) >= 11 is 4.49. The van der Waals surface area contributed by atoms with E-state index in [0.717, 1.165) is 12.0 Å². The Labute approximate surface area is 79.6 Å². The molecule has 0 spiro atoms. The van der Waals surface area contributed by atoms with E-state index >= 15 is 0 Å². The van der Waals surface area contributed by atoms with Gasteiger partial charge >= 0.3 is 0 Å². The van der Waals surface area contributed by atoms with Gasteiger partial charge < -0.3 is 0 Å². The summed E-state index contributed by atoms with van der Waals surface area (Å²) in [6.45, 7) is 6.04. The minimum Gasteiger partial charge on any atom is -0.295 e. The molecule has 0 aromatic carbocycles. The number of hydrogen-bond acceptors (Lipinski definition) is 2. The fourth-order valence-corrected chi connectivity index (χ4v) is 1.64. The normalized spacial score (nSPS) is 25.5. The average Bonchev–Trinajstić information content (AvgIpc) is 1.92. The van der Waals surface area contributed by atoms with E-state index in [4.69, 9.17) is 0 Å². The number of rotatable bonds is 1. The van der Waals surface area contributed by atoms with Gasteiger partial charge in [-0.25, -0.2) is 0 Å². The highest BCUT2D eigenvalue weighted by Gasteiger charge is 2.29. The first-order valence-electron chi connectivity index (χ1n) is 4.33. The zero-order valence-electron chi connectivity index (χ0n) is 7.92. The maximum absolute atomic E-state index is 11.3. The first-order valence-corrected chi connectivity index (χ1v) is 4.78. The topological polar surface area (TPSA) is 17.1 Å². The Kier molecular flexibility index (Phi) is 2.67. The molecule has 0 aromatic rings. The number of carbonyl (C=O) groups excluding carboxylic acids is 1. The Morgan fingerprint density at radius 2 is 2.17 bits per heavy atom. The van der Waals surface area contributed by atoms with Crippen LogP contribution >= 0.6 is 12.6 Å². The zero-order chi connectivity index (χ0) is 9.35. The quantitative estimate of drug-likeness (QED) is 0.620. The lowest BCUT2D eigenvalue weighted by Gasteiger charge is -2.31. The molecular formula is C10H16OS. The highest BCUT2D eigenvalue weighted by Crippen LogP contribution is 2.33. The lowest BCUT2D eigenvalue weighted by Crippen LogP contribution is -2.29. The van der Waals surface area contributed by atoms with E-state index in [1.165, 1.54) is 0 Å². The molecule has 1 rings (SSSR count). The number of allylic oxidation sites excluding steroid dienone is 2. The monoisotopic (exact) mass is 184 g/mol. The number of ketones is 1. The van der Waals surface area contributed by atoms with E-state index in [0.29, 0.717) is 12.3 Å². The van der Waals surface area contributed by atoms with E-state index in [1.54, 1.807) is 0 Å². The van der Waals surface area contributed by atoms with Crippen molar-refractivity contribution >= 4 is 18.4 Å². The Balaban J connectivity index is 2.72. The van der Waals surface area contributed by atoms with Gasteiger partial charge in [-0.15, -0.1) is 0 Å². The maximum Gasteiger partial charge on any atom is 0.158 e. The van der Waals surface area contributed by atoms with Gasteiger partial charge in [-0.2, -0.15) is 12.6 Å². The predicted molar refractivity (Wildman–Crippen MR) is 54.6 cm³/mol. The van der Waals surface area contributed by atoms with Crippen molar-refractivity contribution in [3.05, 3.63) is 11.6 Å². The molecule has 0 N–H and O–H groups in total. The molecule has 1 atom stereocenters. The van der Waals surface area contributed by atoms with Gasteiger partial charge in [0.1, 0.15) is 0 Å². The van der Waals surface area contributed by atoms with Crippen LogP contribution in [0.25, 0.3) is 0 Å². The highest BCUT2D eigenvalue weighted by molar-refractivity contribution is 7.81. The molecule has 68 valence electrons. The molecule has 1 aliphatic rings. The summed E-state index contributed by atoms with van der Waals surface area (Å²) in [5, 5.41) is 0. The Hall–Kier alpha value is -0.240. The van der Waals surface area contributed by atoms with E-state index in [-0.39, 0.29) is 10.5 Å². The number of hydrogen-bond donors (Lipinski definition) is 1. The van der Waals surface area contributed by atoms with Gasteiger partial charge in [0.2, 0.25) is 0 Å². The third-order valence-corrected chi connectivity index (χ3v) is 2.94. The minimum atomic E-state index is -0.0349. The molecule has 0 radical (unpaired) electrons. The van der Waals surface area contributed by atoms with Gasteiger partial charge in [0.15, 0.2) is 5.78 Å². The van der Waals surface area contributed by atoms with Gasteiger partial charge in [-0.3, -0.25) is 4.79 Å². The third kappa shape index (κ3) is 2.13. The zero-order valence-corrected chi connectivity index (χ0v) is 8.82. The van der Waals surface area contributed by atoms with E-state index < -0.39 is 0 Å². The van der Waals surface area contributed by atoms with Crippen molar-refractivity contribution in [3.63, 3.8) is 0 Å². The molecule has 0 heterocycles. The largest absolute Gasteiger partial charge is 0.295 e. The average molecular weight is 184 g/mol. The van der Waals surface area contributed by atoms with E-state index in [2.05, 4.69) is 26.5 Å². The van der Waals surface area contributed by atoms with Gasteiger partial charge in [-0.05, 0) is 24.8 Å². The fourth-order valence-electron chi connectivity index (χ4n) is 1.44. The number of thiol groups is 1.